The summed E-state index contributed by atoms with van der Waals surface area (Å²) in [4.78, 5) is 0. The highest BCUT2D eigenvalue weighted by molar-refractivity contribution is 5.68. The smallest absolute Gasteiger partial charge is 0.233 e. The molecule has 2 aliphatic rings. The van der Waals surface area contributed by atoms with Crippen molar-refractivity contribution in [2.24, 2.45) is 0 Å². The number of benzene rings is 1. The standard InChI is InChI=1S/C20H22N6O2/c21-12-10-22-26(11-12)15-3-4-17(19(27)9-15)18-5-6-20(25-24-18)28-16-7-13-1-2-14(8-16)23-13/h3-6,9-11,13-14,16,23,27H,1-2,7-8,21H2/t13-,14+,16-. The number of phenolic OH excluding ortho intramolecular Hbond substituents is 1. The van der Waals surface area contributed by atoms with Crippen molar-refractivity contribution < 1.29 is 9.84 Å². The zero-order chi connectivity index (χ0) is 19.1. The average molecular weight is 378 g/mol. The van der Waals surface area contributed by atoms with E-state index in [-0.39, 0.29) is 11.9 Å². The number of fused-ring (bicyclic) bond motifs is 2. The molecule has 2 aliphatic heterocycles. The molecule has 4 heterocycles. The Morgan fingerprint density at radius 3 is 2.57 bits per heavy atom. The number of piperidine rings is 1. The Bertz CT molecular complexity index is 975. The molecule has 5 rings (SSSR count). The van der Waals surface area contributed by atoms with Crippen LogP contribution in [0.25, 0.3) is 16.9 Å². The Balaban J connectivity index is 1.31. The first-order valence-corrected chi connectivity index (χ1v) is 9.54. The first kappa shape index (κ1) is 17.0. The summed E-state index contributed by atoms with van der Waals surface area (Å²) in [6, 6.07) is 10.0. The van der Waals surface area contributed by atoms with Gasteiger partial charge >= 0.3 is 0 Å². The summed E-state index contributed by atoms with van der Waals surface area (Å²) in [6.45, 7) is 0. The highest BCUT2D eigenvalue weighted by atomic mass is 16.5. The number of nitrogens with zero attached hydrogens (tertiary/aromatic N) is 4. The van der Waals surface area contributed by atoms with Crippen LogP contribution in [0.15, 0.2) is 42.7 Å². The van der Waals surface area contributed by atoms with Crippen molar-refractivity contribution in [3.8, 4) is 28.6 Å². The van der Waals surface area contributed by atoms with Crippen molar-refractivity contribution in [1.29, 1.82) is 0 Å². The third-order valence-electron chi connectivity index (χ3n) is 5.48. The molecular weight excluding hydrogens is 356 g/mol. The lowest BCUT2D eigenvalue weighted by atomic mass is 10.0. The normalized spacial score (nSPS) is 23.6. The molecule has 2 aromatic heterocycles. The lowest BCUT2D eigenvalue weighted by Crippen LogP contribution is -2.42. The van der Waals surface area contributed by atoms with Crippen LogP contribution in [0, 0.1) is 0 Å². The van der Waals surface area contributed by atoms with Crippen LogP contribution in [-0.4, -0.2) is 43.3 Å². The van der Waals surface area contributed by atoms with Crippen molar-refractivity contribution >= 4 is 5.69 Å². The minimum Gasteiger partial charge on any atom is -0.507 e. The molecule has 2 saturated heterocycles. The van der Waals surface area contributed by atoms with Crippen LogP contribution >= 0.6 is 0 Å². The Kier molecular flexibility index (Phi) is 4.12. The summed E-state index contributed by atoms with van der Waals surface area (Å²) in [5.41, 5.74) is 8.16. The second-order valence-electron chi connectivity index (χ2n) is 7.53. The first-order chi connectivity index (χ1) is 13.6. The number of ether oxygens (including phenoxy) is 1. The number of aromatic hydroxyl groups is 1. The molecule has 0 radical (unpaired) electrons. The number of phenols is 1. The van der Waals surface area contributed by atoms with Gasteiger partial charge in [-0.15, -0.1) is 10.2 Å². The van der Waals surface area contributed by atoms with E-state index in [0.717, 1.165) is 12.8 Å². The minimum atomic E-state index is 0.101. The summed E-state index contributed by atoms with van der Waals surface area (Å²) in [5, 5.41) is 26.6. The van der Waals surface area contributed by atoms with Gasteiger partial charge in [-0.25, -0.2) is 4.68 Å². The summed E-state index contributed by atoms with van der Waals surface area (Å²) >= 11 is 0. The summed E-state index contributed by atoms with van der Waals surface area (Å²) in [5.74, 6) is 0.627. The highest BCUT2D eigenvalue weighted by Crippen LogP contribution is 2.31. The van der Waals surface area contributed by atoms with Gasteiger partial charge < -0.3 is 20.9 Å². The van der Waals surface area contributed by atoms with Crippen molar-refractivity contribution in [3.05, 3.63) is 42.7 Å². The minimum absolute atomic E-state index is 0.101. The monoisotopic (exact) mass is 378 g/mol. The van der Waals surface area contributed by atoms with Crippen LogP contribution in [0.1, 0.15) is 25.7 Å². The van der Waals surface area contributed by atoms with Crippen LogP contribution < -0.4 is 15.8 Å². The van der Waals surface area contributed by atoms with Gasteiger partial charge in [-0.1, -0.05) is 0 Å². The summed E-state index contributed by atoms with van der Waals surface area (Å²) < 4.78 is 7.64. The molecule has 1 aromatic carbocycles. The molecule has 28 heavy (non-hydrogen) atoms. The second kappa shape index (κ2) is 6.79. The van der Waals surface area contributed by atoms with Crippen molar-refractivity contribution in [2.75, 3.05) is 5.73 Å². The van der Waals surface area contributed by atoms with Crippen LogP contribution in [0.3, 0.4) is 0 Å². The molecule has 3 aromatic rings. The molecule has 8 nitrogen and oxygen atoms in total. The molecule has 0 aliphatic carbocycles. The number of anilines is 1. The molecule has 3 atom stereocenters. The van der Waals surface area contributed by atoms with Gasteiger partial charge in [-0.3, -0.25) is 0 Å². The fourth-order valence-corrected chi connectivity index (χ4v) is 4.16. The predicted molar refractivity (Wildman–Crippen MR) is 104 cm³/mol. The highest BCUT2D eigenvalue weighted by Gasteiger charge is 2.34. The quantitative estimate of drug-likeness (QED) is 0.639. The number of hydrogen-bond donors (Lipinski definition) is 3. The van der Waals surface area contributed by atoms with Gasteiger partial charge in [0.15, 0.2) is 0 Å². The number of nitrogens with one attached hydrogen (secondary N) is 1. The summed E-state index contributed by atoms with van der Waals surface area (Å²) in [6.07, 6.45) is 7.93. The van der Waals surface area contributed by atoms with E-state index >= 15 is 0 Å². The van der Waals surface area contributed by atoms with Gasteiger partial charge in [0.05, 0.1) is 29.5 Å². The van der Waals surface area contributed by atoms with E-state index in [1.165, 1.54) is 12.8 Å². The Hall–Kier alpha value is -3.13. The Morgan fingerprint density at radius 1 is 1.11 bits per heavy atom. The van der Waals surface area contributed by atoms with Gasteiger partial charge in [0.2, 0.25) is 5.88 Å². The molecule has 2 fully saturated rings. The van der Waals surface area contributed by atoms with Gasteiger partial charge in [-0.05, 0) is 43.9 Å². The number of nitrogens with two attached hydrogens (primary N) is 1. The van der Waals surface area contributed by atoms with E-state index in [1.54, 1.807) is 29.2 Å². The molecule has 2 bridgehead atoms. The van der Waals surface area contributed by atoms with E-state index in [4.69, 9.17) is 10.5 Å². The fourth-order valence-electron chi connectivity index (χ4n) is 4.16. The molecule has 144 valence electrons. The maximum absolute atomic E-state index is 10.4. The van der Waals surface area contributed by atoms with E-state index in [9.17, 15) is 5.11 Å². The third-order valence-corrected chi connectivity index (χ3v) is 5.48. The number of hydrogen-bond acceptors (Lipinski definition) is 7. The molecule has 8 heteroatoms. The van der Waals surface area contributed by atoms with Gasteiger partial charge in [0.25, 0.3) is 0 Å². The average Bonchev–Trinajstić information content (AvgIpc) is 3.27. The molecule has 0 amide bonds. The zero-order valence-electron chi connectivity index (χ0n) is 15.3. The number of aromatic nitrogens is 4. The second-order valence-corrected chi connectivity index (χ2v) is 7.53. The van der Waals surface area contributed by atoms with E-state index in [0.29, 0.717) is 40.6 Å². The third kappa shape index (κ3) is 3.27. The topological polar surface area (TPSA) is 111 Å². The largest absolute Gasteiger partial charge is 0.507 e. The molecule has 4 N–H and O–H groups in total. The maximum Gasteiger partial charge on any atom is 0.233 e. The van der Waals surface area contributed by atoms with Crippen molar-refractivity contribution in [3.63, 3.8) is 0 Å². The molecular formula is C20H22N6O2. The Morgan fingerprint density at radius 2 is 1.93 bits per heavy atom. The van der Waals surface area contributed by atoms with Crippen LogP contribution in [0.2, 0.25) is 0 Å². The number of nitrogen functional groups attached to an aromatic ring is 1. The van der Waals surface area contributed by atoms with Gasteiger partial charge in [0.1, 0.15) is 11.9 Å². The van der Waals surface area contributed by atoms with Gasteiger partial charge in [-0.2, -0.15) is 5.10 Å². The van der Waals surface area contributed by atoms with E-state index in [1.807, 2.05) is 18.2 Å². The molecule has 0 saturated carbocycles. The molecule has 0 spiro atoms. The Labute approximate surface area is 162 Å². The van der Waals surface area contributed by atoms with E-state index < -0.39 is 0 Å². The van der Waals surface area contributed by atoms with Gasteiger partial charge in [0, 0.05) is 29.8 Å². The predicted octanol–water partition coefficient (Wildman–Crippen LogP) is 2.28. The van der Waals surface area contributed by atoms with Crippen LogP contribution in [-0.2, 0) is 0 Å². The summed E-state index contributed by atoms with van der Waals surface area (Å²) in [7, 11) is 0. The maximum atomic E-state index is 10.4. The lowest BCUT2D eigenvalue weighted by Gasteiger charge is -2.28. The van der Waals surface area contributed by atoms with E-state index in [2.05, 4.69) is 20.6 Å². The zero-order valence-corrected chi connectivity index (χ0v) is 15.3. The molecule has 0 unspecified atom stereocenters. The SMILES string of the molecule is Nc1cnn(-c2ccc(-c3ccc(O[C@@H]4C[C@H]5CC[C@@H](C4)N5)nn3)c(O)c2)c1. The van der Waals surface area contributed by atoms with Crippen LogP contribution in [0.5, 0.6) is 11.6 Å². The van der Waals surface area contributed by atoms with Crippen molar-refractivity contribution in [2.45, 2.75) is 43.9 Å². The first-order valence-electron chi connectivity index (χ1n) is 9.54. The van der Waals surface area contributed by atoms with Crippen LogP contribution in [0.4, 0.5) is 5.69 Å². The lowest BCUT2D eigenvalue weighted by molar-refractivity contribution is 0.130. The van der Waals surface area contributed by atoms with Crippen molar-refractivity contribution in [1.82, 2.24) is 25.3 Å². The fraction of sp³-hybridized carbons (Fsp3) is 0.350. The number of rotatable bonds is 4.